The van der Waals surface area contributed by atoms with Crippen molar-refractivity contribution in [3.05, 3.63) is 0 Å². The Balaban J connectivity index is 3.77. The molecule has 122 valence electrons. The van der Waals surface area contributed by atoms with Gasteiger partial charge in [0.1, 0.15) is 0 Å². The minimum Gasteiger partial charge on any atom is -0.396 e. The van der Waals surface area contributed by atoms with Gasteiger partial charge in [-0.3, -0.25) is 0 Å². The third kappa shape index (κ3) is 12.9. The van der Waals surface area contributed by atoms with Crippen LogP contribution in [0, 0.1) is 5.92 Å². The maximum Gasteiger partial charge on any atom is 0.0830 e. The summed E-state index contributed by atoms with van der Waals surface area (Å²) < 4.78 is 17.2. The van der Waals surface area contributed by atoms with E-state index in [0.29, 0.717) is 32.2 Å². The van der Waals surface area contributed by atoms with E-state index in [1.807, 2.05) is 0 Å². The Morgan fingerprint density at radius 1 is 1.00 bits per heavy atom. The topological polar surface area (TPSA) is 47.9 Å². The van der Waals surface area contributed by atoms with Gasteiger partial charge in [0.25, 0.3) is 0 Å². The number of hydrogen-bond donors (Lipinski definition) is 1. The highest BCUT2D eigenvalue weighted by atomic mass is 16.5. The molecule has 2 atom stereocenters. The molecule has 0 spiro atoms. The molecule has 0 heterocycles. The van der Waals surface area contributed by atoms with Crippen molar-refractivity contribution >= 4 is 0 Å². The van der Waals surface area contributed by atoms with E-state index < -0.39 is 0 Å². The van der Waals surface area contributed by atoms with Crippen LogP contribution in [0.15, 0.2) is 0 Å². The summed E-state index contributed by atoms with van der Waals surface area (Å²) in [6.07, 6.45) is 1.66. The van der Waals surface area contributed by atoms with Crippen LogP contribution in [0.25, 0.3) is 0 Å². The van der Waals surface area contributed by atoms with Crippen LogP contribution in [0.3, 0.4) is 0 Å². The van der Waals surface area contributed by atoms with Gasteiger partial charge < -0.3 is 19.3 Å². The monoisotopic (exact) mass is 290 g/mol. The van der Waals surface area contributed by atoms with Crippen LogP contribution in [0.5, 0.6) is 0 Å². The molecule has 2 unspecified atom stereocenters. The predicted octanol–water partition coefficient (Wildman–Crippen LogP) is 3.02. The van der Waals surface area contributed by atoms with E-state index >= 15 is 0 Å². The van der Waals surface area contributed by atoms with E-state index in [1.54, 1.807) is 0 Å². The number of aliphatic hydroxyl groups excluding tert-OH is 1. The van der Waals surface area contributed by atoms with Crippen LogP contribution < -0.4 is 0 Å². The molecule has 0 bridgehead atoms. The van der Waals surface area contributed by atoms with Crippen molar-refractivity contribution in [2.24, 2.45) is 5.92 Å². The zero-order valence-electron chi connectivity index (χ0n) is 14.1. The van der Waals surface area contributed by atoms with Crippen LogP contribution in [0.1, 0.15) is 54.4 Å². The average molecular weight is 290 g/mol. The fraction of sp³-hybridized carbons (Fsp3) is 1.00. The molecule has 1 N–H and O–H groups in total. The largest absolute Gasteiger partial charge is 0.396 e. The Morgan fingerprint density at radius 2 is 1.65 bits per heavy atom. The van der Waals surface area contributed by atoms with E-state index in [4.69, 9.17) is 19.3 Å². The Morgan fingerprint density at radius 3 is 2.15 bits per heavy atom. The van der Waals surface area contributed by atoms with Crippen molar-refractivity contribution < 1.29 is 19.3 Å². The van der Waals surface area contributed by atoms with Gasteiger partial charge in [0.2, 0.25) is 0 Å². The lowest BCUT2D eigenvalue weighted by Gasteiger charge is -2.25. The first kappa shape index (κ1) is 19.8. The SMILES string of the molecule is CC(C)COC(CCO)COCCC(C)OC(C)(C)C. The molecule has 0 aromatic carbocycles. The molecule has 0 saturated heterocycles. The molecule has 0 aromatic heterocycles. The van der Waals surface area contributed by atoms with Gasteiger partial charge in [0.05, 0.1) is 24.4 Å². The van der Waals surface area contributed by atoms with Crippen LogP contribution in [0.2, 0.25) is 0 Å². The Hall–Kier alpha value is -0.160. The molecule has 0 radical (unpaired) electrons. The third-order valence-electron chi connectivity index (χ3n) is 2.64. The maximum atomic E-state index is 9.02. The Kier molecular flexibility index (Phi) is 10.5. The highest BCUT2D eigenvalue weighted by Gasteiger charge is 2.15. The first-order chi connectivity index (χ1) is 9.24. The lowest BCUT2D eigenvalue weighted by molar-refractivity contribution is -0.0732. The summed E-state index contributed by atoms with van der Waals surface area (Å²) in [7, 11) is 0. The second-order valence-electron chi connectivity index (χ2n) is 6.77. The van der Waals surface area contributed by atoms with Crippen molar-refractivity contribution in [3.63, 3.8) is 0 Å². The van der Waals surface area contributed by atoms with Gasteiger partial charge in [-0.2, -0.15) is 0 Å². The summed E-state index contributed by atoms with van der Waals surface area (Å²) in [5.74, 6) is 0.497. The Bertz CT molecular complexity index is 223. The smallest absolute Gasteiger partial charge is 0.0830 e. The van der Waals surface area contributed by atoms with E-state index in [2.05, 4.69) is 41.5 Å². The molecule has 4 heteroatoms. The minimum absolute atomic E-state index is 0.0127. The highest BCUT2D eigenvalue weighted by Crippen LogP contribution is 2.13. The van der Waals surface area contributed by atoms with Gasteiger partial charge in [-0.05, 0) is 46.5 Å². The predicted molar refractivity (Wildman–Crippen MR) is 82.0 cm³/mol. The van der Waals surface area contributed by atoms with Gasteiger partial charge in [-0.15, -0.1) is 0 Å². The van der Waals surface area contributed by atoms with Crippen LogP contribution in [-0.2, 0) is 14.2 Å². The summed E-state index contributed by atoms with van der Waals surface area (Å²) >= 11 is 0. The summed E-state index contributed by atoms with van der Waals surface area (Å²) in [6.45, 7) is 14.5. The zero-order chi connectivity index (χ0) is 15.6. The molecule has 0 fully saturated rings. The van der Waals surface area contributed by atoms with E-state index in [9.17, 15) is 0 Å². The molecular formula is C16H34O4. The molecule has 20 heavy (non-hydrogen) atoms. The van der Waals surface area contributed by atoms with E-state index in [-0.39, 0.29) is 24.4 Å². The molecule has 0 rings (SSSR count). The quantitative estimate of drug-likeness (QED) is 0.594. The summed E-state index contributed by atoms with van der Waals surface area (Å²) in [6, 6.07) is 0. The van der Waals surface area contributed by atoms with E-state index in [1.165, 1.54) is 0 Å². The lowest BCUT2D eigenvalue weighted by atomic mass is 10.1. The van der Waals surface area contributed by atoms with Crippen LogP contribution >= 0.6 is 0 Å². The standard InChI is InChI=1S/C16H34O4/c1-13(2)11-19-15(7-9-17)12-18-10-8-14(3)20-16(4,5)6/h13-15,17H,7-12H2,1-6H3. The number of aliphatic hydroxyl groups is 1. The third-order valence-corrected chi connectivity index (χ3v) is 2.64. The molecule has 0 saturated carbocycles. The molecule has 0 aromatic rings. The minimum atomic E-state index is -0.112. The molecule has 4 nitrogen and oxygen atoms in total. The van der Waals surface area contributed by atoms with Crippen molar-refractivity contribution in [3.8, 4) is 0 Å². The summed E-state index contributed by atoms with van der Waals surface area (Å²) in [5, 5.41) is 9.02. The van der Waals surface area contributed by atoms with Gasteiger partial charge >= 0.3 is 0 Å². The number of rotatable bonds is 11. The van der Waals surface area contributed by atoms with Crippen molar-refractivity contribution in [1.29, 1.82) is 0 Å². The number of hydrogen-bond acceptors (Lipinski definition) is 4. The van der Waals surface area contributed by atoms with Gasteiger partial charge in [-0.1, -0.05) is 13.8 Å². The average Bonchev–Trinajstić information content (AvgIpc) is 2.28. The summed E-state index contributed by atoms with van der Waals surface area (Å²) in [4.78, 5) is 0. The first-order valence-corrected chi connectivity index (χ1v) is 7.72. The lowest BCUT2D eigenvalue weighted by Crippen LogP contribution is -2.27. The molecule has 0 aliphatic rings. The normalized spacial score (nSPS) is 15.6. The maximum absolute atomic E-state index is 9.02. The first-order valence-electron chi connectivity index (χ1n) is 7.72. The fourth-order valence-corrected chi connectivity index (χ4v) is 1.81. The highest BCUT2D eigenvalue weighted by molar-refractivity contribution is 4.63. The van der Waals surface area contributed by atoms with Crippen LogP contribution in [0.4, 0.5) is 0 Å². The van der Waals surface area contributed by atoms with Gasteiger partial charge in [0, 0.05) is 19.8 Å². The molecule has 0 aliphatic heterocycles. The fourth-order valence-electron chi connectivity index (χ4n) is 1.81. The second kappa shape index (κ2) is 10.6. The molecule has 0 amide bonds. The molecule has 0 aliphatic carbocycles. The van der Waals surface area contributed by atoms with Crippen molar-refractivity contribution in [2.45, 2.75) is 72.2 Å². The number of ether oxygens (including phenoxy) is 3. The zero-order valence-corrected chi connectivity index (χ0v) is 14.1. The van der Waals surface area contributed by atoms with Gasteiger partial charge in [-0.25, -0.2) is 0 Å². The molecular weight excluding hydrogens is 256 g/mol. The van der Waals surface area contributed by atoms with Crippen LogP contribution in [-0.4, -0.2) is 49.3 Å². The Labute approximate surface area is 124 Å². The van der Waals surface area contributed by atoms with Gasteiger partial charge in [0.15, 0.2) is 0 Å². The second-order valence-corrected chi connectivity index (χ2v) is 6.77. The van der Waals surface area contributed by atoms with Crippen molar-refractivity contribution in [1.82, 2.24) is 0 Å². The van der Waals surface area contributed by atoms with E-state index in [0.717, 1.165) is 6.42 Å². The summed E-state index contributed by atoms with van der Waals surface area (Å²) in [5.41, 5.74) is -0.112. The van der Waals surface area contributed by atoms with Crippen molar-refractivity contribution in [2.75, 3.05) is 26.4 Å².